The van der Waals surface area contributed by atoms with Crippen LogP contribution in [0.5, 0.6) is 0 Å². The minimum Gasteiger partial charge on any atom is -0.379 e. The largest absolute Gasteiger partial charge is 0.379 e. The van der Waals surface area contributed by atoms with Crippen LogP contribution in [-0.2, 0) is 4.74 Å². The fraction of sp³-hybridized carbons (Fsp3) is 1.00. The second-order valence-corrected chi connectivity index (χ2v) is 5.11. The smallest absolute Gasteiger partial charge is 0.0594 e. The molecule has 1 aliphatic rings. The summed E-state index contributed by atoms with van der Waals surface area (Å²) < 4.78 is 5.40. The van der Waals surface area contributed by atoms with Crippen molar-refractivity contribution in [1.29, 1.82) is 0 Å². The number of hydrogen-bond donors (Lipinski definition) is 2. The third-order valence-corrected chi connectivity index (χ3v) is 3.73. The third-order valence-electron chi connectivity index (χ3n) is 3.73. The van der Waals surface area contributed by atoms with E-state index in [4.69, 9.17) is 10.6 Å². The summed E-state index contributed by atoms with van der Waals surface area (Å²) in [7, 11) is 0. The van der Waals surface area contributed by atoms with Gasteiger partial charge in [-0.05, 0) is 20.3 Å². The Morgan fingerprint density at radius 2 is 2.00 bits per heavy atom. The van der Waals surface area contributed by atoms with Gasteiger partial charge in [-0.3, -0.25) is 16.2 Å². The molecular weight excluding hydrogens is 202 g/mol. The van der Waals surface area contributed by atoms with Crippen molar-refractivity contribution in [2.45, 2.75) is 51.6 Å². The van der Waals surface area contributed by atoms with Crippen LogP contribution in [0.3, 0.4) is 0 Å². The predicted molar refractivity (Wildman–Crippen MR) is 67.1 cm³/mol. The highest BCUT2D eigenvalue weighted by Gasteiger charge is 2.35. The Morgan fingerprint density at radius 1 is 1.38 bits per heavy atom. The van der Waals surface area contributed by atoms with Gasteiger partial charge in [-0.15, -0.1) is 0 Å². The minimum absolute atomic E-state index is 0.105. The maximum Gasteiger partial charge on any atom is 0.0594 e. The van der Waals surface area contributed by atoms with Gasteiger partial charge in [0.25, 0.3) is 0 Å². The van der Waals surface area contributed by atoms with Crippen molar-refractivity contribution in [1.82, 2.24) is 10.3 Å². The highest BCUT2D eigenvalue weighted by molar-refractivity contribution is 4.93. The zero-order chi connectivity index (χ0) is 12.0. The Hall–Kier alpha value is -0.160. The Balaban J connectivity index is 2.56. The van der Waals surface area contributed by atoms with E-state index in [-0.39, 0.29) is 5.54 Å². The monoisotopic (exact) mass is 229 g/mol. The van der Waals surface area contributed by atoms with Crippen LogP contribution in [0, 0.1) is 0 Å². The molecule has 0 spiro atoms. The number of hydrogen-bond acceptors (Lipinski definition) is 4. The van der Waals surface area contributed by atoms with Crippen LogP contribution >= 0.6 is 0 Å². The van der Waals surface area contributed by atoms with Gasteiger partial charge in [0.15, 0.2) is 0 Å². The van der Waals surface area contributed by atoms with Crippen molar-refractivity contribution in [3.8, 4) is 0 Å². The number of nitrogens with one attached hydrogen (secondary N) is 1. The molecule has 0 saturated carbocycles. The highest BCUT2D eigenvalue weighted by Crippen LogP contribution is 2.23. The van der Waals surface area contributed by atoms with E-state index < -0.39 is 0 Å². The van der Waals surface area contributed by atoms with Gasteiger partial charge >= 0.3 is 0 Å². The molecule has 16 heavy (non-hydrogen) atoms. The molecule has 0 radical (unpaired) electrons. The SMILES string of the molecule is CCCCC(NN)C(C)(C)N1CCOCC1. The number of unbranched alkanes of at least 4 members (excludes halogenated alkanes) is 1. The van der Waals surface area contributed by atoms with Crippen LogP contribution in [0.25, 0.3) is 0 Å². The van der Waals surface area contributed by atoms with Crippen molar-refractivity contribution in [2.75, 3.05) is 26.3 Å². The normalized spacial score (nSPS) is 21.0. The first-order chi connectivity index (χ1) is 7.62. The Morgan fingerprint density at radius 3 is 2.50 bits per heavy atom. The Labute approximate surface area is 99.5 Å². The Kier molecular flexibility index (Phi) is 5.69. The summed E-state index contributed by atoms with van der Waals surface area (Å²) in [6, 6.07) is 0.352. The first-order valence-electron chi connectivity index (χ1n) is 6.41. The number of nitrogens with zero attached hydrogens (tertiary/aromatic N) is 1. The van der Waals surface area contributed by atoms with E-state index in [1.165, 1.54) is 12.8 Å². The van der Waals surface area contributed by atoms with Crippen molar-refractivity contribution in [2.24, 2.45) is 5.84 Å². The van der Waals surface area contributed by atoms with E-state index in [1.807, 2.05) is 0 Å². The van der Waals surface area contributed by atoms with E-state index in [2.05, 4.69) is 31.1 Å². The summed E-state index contributed by atoms with van der Waals surface area (Å²) in [5.41, 5.74) is 3.10. The molecule has 1 unspecified atom stereocenters. The number of rotatable bonds is 6. The van der Waals surface area contributed by atoms with E-state index in [1.54, 1.807) is 0 Å². The van der Waals surface area contributed by atoms with Gasteiger partial charge in [-0.1, -0.05) is 19.8 Å². The number of morpholine rings is 1. The van der Waals surface area contributed by atoms with Crippen LogP contribution < -0.4 is 11.3 Å². The average Bonchev–Trinajstić information content (AvgIpc) is 2.31. The van der Waals surface area contributed by atoms with Gasteiger partial charge in [-0.2, -0.15) is 0 Å². The predicted octanol–water partition coefficient (Wildman–Crippen LogP) is 1.12. The molecular formula is C12H27N3O. The molecule has 0 amide bonds. The van der Waals surface area contributed by atoms with Gasteiger partial charge in [0.05, 0.1) is 13.2 Å². The van der Waals surface area contributed by atoms with E-state index in [9.17, 15) is 0 Å². The molecule has 0 bridgehead atoms. The molecule has 4 nitrogen and oxygen atoms in total. The zero-order valence-electron chi connectivity index (χ0n) is 11.0. The lowest BCUT2D eigenvalue weighted by Crippen LogP contribution is -2.61. The molecule has 4 heteroatoms. The molecule has 1 rings (SSSR count). The number of nitrogens with two attached hydrogens (primary N) is 1. The second-order valence-electron chi connectivity index (χ2n) is 5.11. The molecule has 96 valence electrons. The van der Waals surface area contributed by atoms with Crippen LogP contribution in [0.1, 0.15) is 40.0 Å². The molecule has 1 aliphatic heterocycles. The van der Waals surface area contributed by atoms with Gasteiger partial charge in [0.2, 0.25) is 0 Å². The van der Waals surface area contributed by atoms with E-state index in [0.29, 0.717) is 6.04 Å². The quantitative estimate of drug-likeness (QED) is 0.529. The third kappa shape index (κ3) is 3.42. The fourth-order valence-electron chi connectivity index (χ4n) is 2.41. The molecule has 1 fully saturated rings. The maximum atomic E-state index is 5.70. The highest BCUT2D eigenvalue weighted by atomic mass is 16.5. The van der Waals surface area contributed by atoms with Gasteiger partial charge in [0.1, 0.15) is 0 Å². The summed E-state index contributed by atoms with van der Waals surface area (Å²) in [5.74, 6) is 5.70. The fourth-order valence-corrected chi connectivity index (χ4v) is 2.41. The molecule has 0 aromatic rings. The molecule has 1 heterocycles. The maximum absolute atomic E-state index is 5.70. The van der Waals surface area contributed by atoms with Crippen molar-refractivity contribution in [3.63, 3.8) is 0 Å². The van der Waals surface area contributed by atoms with Crippen molar-refractivity contribution >= 4 is 0 Å². The molecule has 0 aromatic carbocycles. The number of hydrazine groups is 1. The molecule has 3 N–H and O–H groups in total. The van der Waals surface area contributed by atoms with Gasteiger partial charge in [-0.25, -0.2) is 0 Å². The summed E-state index contributed by atoms with van der Waals surface area (Å²) >= 11 is 0. The lowest BCUT2D eigenvalue weighted by atomic mass is 9.88. The standard InChI is InChI=1S/C12H27N3O/c1-4-5-6-11(14-13)12(2,3)15-7-9-16-10-8-15/h11,14H,4-10,13H2,1-3H3. The number of ether oxygens (including phenoxy) is 1. The van der Waals surface area contributed by atoms with E-state index >= 15 is 0 Å². The second kappa shape index (κ2) is 6.55. The van der Waals surface area contributed by atoms with Crippen LogP contribution in [-0.4, -0.2) is 42.8 Å². The van der Waals surface area contributed by atoms with Crippen LogP contribution in [0.2, 0.25) is 0 Å². The van der Waals surface area contributed by atoms with Gasteiger partial charge < -0.3 is 4.74 Å². The van der Waals surface area contributed by atoms with Crippen molar-refractivity contribution < 1.29 is 4.74 Å². The summed E-state index contributed by atoms with van der Waals surface area (Å²) in [6.07, 6.45) is 3.58. The lowest BCUT2D eigenvalue weighted by molar-refractivity contribution is -0.0246. The topological polar surface area (TPSA) is 50.5 Å². The summed E-state index contributed by atoms with van der Waals surface area (Å²) in [6.45, 7) is 10.5. The first kappa shape index (κ1) is 13.9. The summed E-state index contributed by atoms with van der Waals surface area (Å²) in [4.78, 5) is 2.48. The van der Waals surface area contributed by atoms with E-state index in [0.717, 1.165) is 32.7 Å². The molecule has 0 aliphatic carbocycles. The van der Waals surface area contributed by atoms with Crippen molar-refractivity contribution in [3.05, 3.63) is 0 Å². The molecule has 1 saturated heterocycles. The Bertz CT molecular complexity index is 191. The van der Waals surface area contributed by atoms with Crippen LogP contribution in [0.4, 0.5) is 0 Å². The molecule has 1 atom stereocenters. The lowest BCUT2D eigenvalue weighted by Gasteiger charge is -2.45. The first-order valence-corrected chi connectivity index (χ1v) is 6.41. The zero-order valence-corrected chi connectivity index (χ0v) is 11.0. The minimum atomic E-state index is 0.105. The van der Waals surface area contributed by atoms with Gasteiger partial charge in [0, 0.05) is 24.7 Å². The van der Waals surface area contributed by atoms with Crippen LogP contribution in [0.15, 0.2) is 0 Å². The average molecular weight is 229 g/mol. The molecule has 0 aromatic heterocycles. The summed E-state index contributed by atoms with van der Waals surface area (Å²) in [5, 5.41) is 0.